The van der Waals surface area contributed by atoms with Gasteiger partial charge in [0.15, 0.2) is 11.5 Å². The van der Waals surface area contributed by atoms with Crippen LogP contribution in [0.25, 0.3) is 0 Å². The molecule has 166 valence electrons. The SMILES string of the molecule is CNC(=O)c1c(NC(=O)c2nc(C3CC3)cnc2N=C2CC(C)C/C=C/C=N2)cnn1C. The zero-order valence-electron chi connectivity index (χ0n) is 18.4. The van der Waals surface area contributed by atoms with E-state index in [1.165, 1.54) is 17.9 Å². The van der Waals surface area contributed by atoms with Gasteiger partial charge in [-0.25, -0.2) is 20.0 Å². The Morgan fingerprint density at radius 3 is 2.78 bits per heavy atom. The molecule has 2 aliphatic rings. The molecule has 2 N–H and O–H groups in total. The van der Waals surface area contributed by atoms with Crippen LogP contribution in [0.1, 0.15) is 65.2 Å². The number of aromatic nitrogens is 4. The summed E-state index contributed by atoms with van der Waals surface area (Å²) in [5.41, 5.74) is 1.41. The molecular formula is C22H26N8O2. The number of anilines is 1. The van der Waals surface area contributed by atoms with Crippen LogP contribution in [-0.2, 0) is 7.05 Å². The number of amides is 2. The van der Waals surface area contributed by atoms with Gasteiger partial charge in [0.1, 0.15) is 11.5 Å². The van der Waals surface area contributed by atoms with Gasteiger partial charge >= 0.3 is 0 Å². The number of nitrogens with one attached hydrogen (secondary N) is 2. The fourth-order valence-electron chi connectivity index (χ4n) is 3.45. The van der Waals surface area contributed by atoms with Crippen molar-refractivity contribution < 1.29 is 9.59 Å². The zero-order valence-corrected chi connectivity index (χ0v) is 18.4. The fraction of sp³-hybridized carbons (Fsp3) is 0.409. The quantitative estimate of drug-likeness (QED) is 0.748. The molecule has 1 aliphatic heterocycles. The molecule has 32 heavy (non-hydrogen) atoms. The highest BCUT2D eigenvalue weighted by molar-refractivity contribution is 6.09. The Morgan fingerprint density at radius 2 is 2.03 bits per heavy atom. The maximum atomic E-state index is 13.2. The van der Waals surface area contributed by atoms with Gasteiger partial charge in [0.2, 0.25) is 0 Å². The number of hydrogen-bond acceptors (Lipinski definition) is 6. The van der Waals surface area contributed by atoms with E-state index in [9.17, 15) is 9.59 Å². The van der Waals surface area contributed by atoms with Gasteiger partial charge in [-0.05, 0) is 31.3 Å². The summed E-state index contributed by atoms with van der Waals surface area (Å²) in [6.07, 6.45) is 12.4. The second-order valence-corrected chi connectivity index (χ2v) is 8.08. The lowest BCUT2D eigenvalue weighted by molar-refractivity contribution is 0.0954. The van der Waals surface area contributed by atoms with Crippen molar-refractivity contribution in [3.05, 3.63) is 41.6 Å². The molecule has 2 amide bonds. The predicted molar refractivity (Wildman–Crippen MR) is 122 cm³/mol. The first-order valence-corrected chi connectivity index (χ1v) is 10.7. The van der Waals surface area contributed by atoms with Crippen LogP contribution >= 0.6 is 0 Å². The van der Waals surface area contributed by atoms with E-state index in [-0.39, 0.29) is 28.8 Å². The van der Waals surface area contributed by atoms with Crippen LogP contribution in [0.15, 0.2) is 34.5 Å². The topological polar surface area (TPSA) is 127 Å². The highest BCUT2D eigenvalue weighted by Gasteiger charge is 2.28. The minimum absolute atomic E-state index is 0.106. The number of aryl methyl sites for hydroxylation is 1. The maximum Gasteiger partial charge on any atom is 0.278 e. The Hall–Kier alpha value is -3.69. The summed E-state index contributed by atoms with van der Waals surface area (Å²) in [4.78, 5) is 43.5. The molecule has 10 nitrogen and oxygen atoms in total. The average molecular weight is 435 g/mol. The van der Waals surface area contributed by atoms with Crippen LogP contribution in [0.2, 0.25) is 0 Å². The Morgan fingerprint density at radius 1 is 1.22 bits per heavy atom. The van der Waals surface area contributed by atoms with Crippen LogP contribution < -0.4 is 10.6 Å². The minimum atomic E-state index is -0.500. The van der Waals surface area contributed by atoms with E-state index >= 15 is 0 Å². The molecule has 1 fully saturated rings. The zero-order chi connectivity index (χ0) is 22.7. The van der Waals surface area contributed by atoms with E-state index in [4.69, 9.17) is 0 Å². The van der Waals surface area contributed by atoms with Gasteiger partial charge in [-0.15, -0.1) is 0 Å². The van der Waals surface area contributed by atoms with Crippen molar-refractivity contribution in [2.24, 2.45) is 23.0 Å². The van der Waals surface area contributed by atoms with Crippen molar-refractivity contribution in [3.63, 3.8) is 0 Å². The highest BCUT2D eigenvalue weighted by atomic mass is 16.2. The molecule has 10 heteroatoms. The molecule has 0 saturated heterocycles. The fourth-order valence-corrected chi connectivity index (χ4v) is 3.45. The van der Waals surface area contributed by atoms with E-state index in [0.29, 0.717) is 24.1 Å². The van der Waals surface area contributed by atoms with Gasteiger partial charge in [0.05, 0.1) is 23.8 Å². The molecule has 1 unspecified atom stereocenters. The van der Waals surface area contributed by atoms with E-state index in [2.05, 4.69) is 48.7 Å². The molecule has 1 saturated carbocycles. The van der Waals surface area contributed by atoms with E-state index in [1.807, 2.05) is 6.08 Å². The molecule has 0 spiro atoms. The predicted octanol–water partition coefficient (Wildman–Crippen LogP) is 2.79. The molecule has 2 aromatic rings. The smallest absolute Gasteiger partial charge is 0.278 e. The number of aliphatic imine (C=N–C) groups is 2. The standard InChI is InChI=1S/C22H26N8O2/c1-13-6-4-5-9-24-17(10-13)29-20-18(27-15(11-25-20)14-7-8-14)21(31)28-16-12-26-30(3)19(16)22(32)23-2/h4-5,9,11-14H,6-8,10H2,1-3H3,(H,23,32)(H,28,31)/b5-4+,24-9?,29-17?. The monoisotopic (exact) mass is 434 g/mol. The molecule has 0 bridgehead atoms. The van der Waals surface area contributed by atoms with Gasteiger partial charge in [-0.2, -0.15) is 5.10 Å². The van der Waals surface area contributed by atoms with Gasteiger partial charge in [0.25, 0.3) is 11.8 Å². The van der Waals surface area contributed by atoms with Crippen LogP contribution in [0.5, 0.6) is 0 Å². The largest absolute Gasteiger partial charge is 0.354 e. The van der Waals surface area contributed by atoms with Crippen molar-refractivity contribution in [1.29, 1.82) is 0 Å². The van der Waals surface area contributed by atoms with Crippen molar-refractivity contribution in [1.82, 2.24) is 25.1 Å². The van der Waals surface area contributed by atoms with Crippen molar-refractivity contribution in [2.45, 2.75) is 38.5 Å². The van der Waals surface area contributed by atoms with E-state index < -0.39 is 5.91 Å². The number of carbonyl (C=O) groups excluding carboxylic acids is 2. The summed E-state index contributed by atoms with van der Waals surface area (Å²) in [5, 5.41) is 9.39. The maximum absolute atomic E-state index is 13.2. The van der Waals surface area contributed by atoms with E-state index in [0.717, 1.165) is 25.0 Å². The highest BCUT2D eigenvalue weighted by Crippen LogP contribution is 2.39. The second kappa shape index (κ2) is 9.21. The average Bonchev–Trinajstić information content (AvgIpc) is 3.55. The Balaban J connectivity index is 1.69. The first-order chi connectivity index (χ1) is 15.5. The number of hydrogen-bond donors (Lipinski definition) is 2. The summed E-state index contributed by atoms with van der Waals surface area (Å²) >= 11 is 0. The van der Waals surface area contributed by atoms with E-state index in [1.54, 1.807) is 19.5 Å². The number of amidine groups is 1. The number of carbonyl (C=O) groups is 2. The van der Waals surface area contributed by atoms with Crippen LogP contribution in [0.4, 0.5) is 11.5 Å². The Bertz CT molecular complexity index is 1130. The number of allylic oxidation sites excluding steroid dienone is 2. The normalized spacial score (nSPS) is 20.5. The molecule has 0 radical (unpaired) electrons. The summed E-state index contributed by atoms with van der Waals surface area (Å²) in [7, 11) is 3.15. The third kappa shape index (κ3) is 4.79. The molecule has 2 aromatic heterocycles. The lowest BCUT2D eigenvalue weighted by Gasteiger charge is -2.12. The van der Waals surface area contributed by atoms with Crippen molar-refractivity contribution >= 4 is 35.4 Å². The van der Waals surface area contributed by atoms with Gasteiger partial charge in [-0.1, -0.05) is 13.0 Å². The number of nitrogens with zero attached hydrogens (tertiary/aromatic N) is 6. The minimum Gasteiger partial charge on any atom is -0.354 e. The Labute approximate surface area is 186 Å². The molecule has 4 rings (SSSR count). The first-order valence-electron chi connectivity index (χ1n) is 10.7. The summed E-state index contributed by atoms with van der Waals surface area (Å²) < 4.78 is 1.40. The molecule has 3 heterocycles. The molecule has 1 aliphatic carbocycles. The van der Waals surface area contributed by atoms with Crippen LogP contribution in [0.3, 0.4) is 0 Å². The molecule has 0 aromatic carbocycles. The summed E-state index contributed by atoms with van der Waals surface area (Å²) in [6.45, 7) is 2.12. The van der Waals surface area contributed by atoms with Crippen molar-refractivity contribution in [3.8, 4) is 0 Å². The van der Waals surface area contributed by atoms with Crippen LogP contribution in [-0.4, -0.2) is 50.7 Å². The lowest BCUT2D eigenvalue weighted by atomic mass is 10.0. The molecular weight excluding hydrogens is 408 g/mol. The summed E-state index contributed by atoms with van der Waals surface area (Å²) in [6, 6.07) is 0. The van der Waals surface area contributed by atoms with Crippen LogP contribution in [0, 0.1) is 5.92 Å². The number of rotatable bonds is 5. The van der Waals surface area contributed by atoms with Gasteiger partial charge in [0, 0.05) is 32.6 Å². The van der Waals surface area contributed by atoms with Gasteiger partial charge in [-0.3, -0.25) is 14.3 Å². The third-order valence-corrected chi connectivity index (χ3v) is 5.36. The first kappa shape index (κ1) is 21.5. The molecule has 1 atom stereocenters. The third-order valence-electron chi connectivity index (χ3n) is 5.36. The lowest BCUT2D eigenvalue weighted by Crippen LogP contribution is -2.24. The summed E-state index contributed by atoms with van der Waals surface area (Å²) in [5.74, 6) is 0.631. The Kier molecular flexibility index (Phi) is 6.20. The second-order valence-electron chi connectivity index (χ2n) is 8.08. The van der Waals surface area contributed by atoms with Crippen molar-refractivity contribution in [2.75, 3.05) is 12.4 Å². The van der Waals surface area contributed by atoms with Gasteiger partial charge < -0.3 is 10.6 Å².